The molecule has 3 aromatic rings. The SMILES string of the molecule is O=[N+]([O-])[O-].O=[N+]([O-])[O-].[Pt+2].c1ccc(-c2cccc(-c3ccccn3)n2)nc1. The van der Waals surface area contributed by atoms with Crippen LogP contribution in [0.1, 0.15) is 0 Å². The van der Waals surface area contributed by atoms with E-state index in [0.717, 1.165) is 22.8 Å². The third kappa shape index (κ3) is 10.2. The van der Waals surface area contributed by atoms with Crippen LogP contribution in [0.3, 0.4) is 0 Å². The molecular weight excluding hydrogens is 541 g/mol. The molecule has 0 aromatic carbocycles. The molecule has 0 bridgehead atoms. The Hall–Kier alpha value is -3.46. The van der Waals surface area contributed by atoms with Gasteiger partial charge in [-0.15, -0.1) is 0 Å². The van der Waals surface area contributed by atoms with Crippen molar-refractivity contribution in [2.45, 2.75) is 0 Å². The number of rotatable bonds is 2. The zero-order valence-electron chi connectivity index (χ0n) is 13.4. The van der Waals surface area contributed by atoms with E-state index in [1.165, 1.54) is 0 Å². The molecule has 0 radical (unpaired) electrons. The molecule has 0 saturated carbocycles. The largest absolute Gasteiger partial charge is 2.00 e. The van der Waals surface area contributed by atoms with Crippen molar-refractivity contribution >= 4 is 0 Å². The van der Waals surface area contributed by atoms with Crippen LogP contribution in [0, 0.1) is 30.6 Å². The van der Waals surface area contributed by atoms with Crippen molar-refractivity contribution in [3.05, 3.63) is 97.6 Å². The van der Waals surface area contributed by atoms with Crippen LogP contribution in [0.2, 0.25) is 0 Å². The second-order valence-corrected chi connectivity index (χ2v) is 4.29. The van der Waals surface area contributed by atoms with E-state index in [9.17, 15) is 0 Å². The van der Waals surface area contributed by atoms with Crippen LogP contribution >= 0.6 is 0 Å². The van der Waals surface area contributed by atoms with Gasteiger partial charge in [0.05, 0.1) is 32.9 Å². The molecule has 0 amide bonds. The summed E-state index contributed by atoms with van der Waals surface area (Å²) in [5.74, 6) is 0. The Morgan fingerprint density at radius 3 is 1.22 bits per heavy atom. The van der Waals surface area contributed by atoms with Gasteiger partial charge in [-0.1, -0.05) is 18.2 Å². The molecule has 3 aromatic heterocycles. The van der Waals surface area contributed by atoms with E-state index in [-0.39, 0.29) is 21.1 Å². The Balaban J connectivity index is 0.000000646. The van der Waals surface area contributed by atoms with Crippen molar-refractivity contribution in [3.63, 3.8) is 0 Å². The summed E-state index contributed by atoms with van der Waals surface area (Å²) in [7, 11) is 0. The topological polar surface area (TPSA) is 171 Å². The second-order valence-electron chi connectivity index (χ2n) is 4.29. The molecule has 3 heterocycles. The minimum absolute atomic E-state index is 0. The summed E-state index contributed by atoms with van der Waals surface area (Å²) >= 11 is 0. The Bertz CT molecular complexity index is 764. The van der Waals surface area contributed by atoms with Crippen LogP contribution in [-0.4, -0.2) is 25.1 Å². The molecular formula is C15H11N5O6Pt. The minimum Gasteiger partial charge on any atom is -0.356 e. The standard InChI is InChI=1S/C15H11N3.2NO3.Pt/c1-3-10-16-12(6-1)14-8-5-9-15(18-14)13-7-2-4-11-17-13;2*2-1(3)4;/h1-11H;;;/q;2*-1;+2. The first-order valence-electron chi connectivity index (χ1n) is 6.83. The molecule has 0 saturated heterocycles. The van der Waals surface area contributed by atoms with Gasteiger partial charge in [-0.2, -0.15) is 0 Å². The maximum atomic E-state index is 8.25. The molecule has 27 heavy (non-hydrogen) atoms. The number of nitrogens with zero attached hydrogens (tertiary/aromatic N) is 5. The van der Waals surface area contributed by atoms with Gasteiger partial charge in [0.25, 0.3) is 0 Å². The molecule has 0 unspecified atom stereocenters. The smallest absolute Gasteiger partial charge is 0.356 e. The van der Waals surface area contributed by atoms with E-state index in [2.05, 4.69) is 15.0 Å². The first kappa shape index (κ1) is 23.5. The fraction of sp³-hybridized carbons (Fsp3) is 0. The molecule has 3 rings (SSSR count). The van der Waals surface area contributed by atoms with Gasteiger partial charge in [0.1, 0.15) is 0 Å². The van der Waals surface area contributed by atoms with Gasteiger partial charge in [0.2, 0.25) is 0 Å². The molecule has 0 fully saturated rings. The Kier molecular flexibility index (Phi) is 11.2. The zero-order chi connectivity index (χ0) is 19.4. The van der Waals surface area contributed by atoms with Gasteiger partial charge < -0.3 is 30.6 Å². The van der Waals surface area contributed by atoms with Gasteiger partial charge in [0.15, 0.2) is 0 Å². The van der Waals surface area contributed by atoms with Crippen LogP contribution < -0.4 is 0 Å². The molecule has 142 valence electrons. The molecule has 0 spiro atoms. The summed E-state index contributed by atoms with van der Waals surface area (Å²) < 4.78 is 0. The van der Waals surface area contributed by atoms with E-state index in [1.54, 1.807) is 12.4 Å². The van der Waals surface area contributed by atoms with Crippen molar-refractivity contribution in [2.24, 2.45) is 0 Å². The van der Waals surface area contributed by atoms with Crippen molar-refractivity contribution in [3.8, 4) is 22.8 Å². The van der Waals surface area contributed by atoms with E-state index < -0.39 is 10.2 Å². The number of hydrogen-bond donors (Lipinski definition) is 0. The maximum Gasteiger partial charge on any atom is 2.00 e. The van der Waals surface area contributed by atoms with Crippen LogP contribution in [0.15, 0.2) is 67.0 Å². The molecule has 0 aliphatic carbocycles. The fourth-order valence-electron chi connectivity index (χ4n) is 1.75. The molecule has 0 N–H and O–H groups in total. The van der Waals surface area contributed by atoms with Crippen LogP contribution in [0.25, 0.3) is 22.8 Å². The summed E-state index contributed by atoms with van der Waals surface area (Å²) in [5, 5.41) is 29.5. The van der Waals surface area contributed by atoms with E-state index in [4.69, 9.17) is 30.6 Å². The Labute approximate surface area is 166 Å². The van der Waals surface area contributed by atoms with Crippen LogP contribution in [0.5, 0.6) is 0 Å². The molecule has 0 atom stereocenters. The van der Waals surface area contributed by atoms with Gasteiger partial charge >= 0.3 is 21.1 Å². The molecule has 0 aliphatic rings. The summed E-state index contributed by atoms with van der Waals surface area (Å²) in [6, 6.07) is 17.5. The zero-order valence-corrected chi connectivity index (χ0v) is 15.6. The predicted molar refractivity (Wildman–Crippen MR) is 91.4 cm³/mol. The van der Waals surface area contributed by atoms with Gasteiger partial charge in [-0.3, -0.25) is 9.97 Å². The summed E-state index contributed by atoms with van der Waals surface area (Å²) in [6.45, 7) is 0. The van der Waals surface area contributed by atoms with Crippen molar-refractivity contribution in [1.29, 1.82) is 0 Å². The average Bonchev–Trinajstić information content (AvgIpc) is 2.62. The van der Waals surface area contributed by atoms with E-state index >= 15 is 0 Å². The van der Waals surface area contributed by atoms with E-state index in [1.807, 2.05) is 54.6 Å². The molecule has 0 aliphatic heterocycles. The summed E-state index contributed by atoms with van der Waals surface area (Å²) in [4.78, 5) is 29.7. The van der Waals surface area contributed by atoms with Gasteiger partial charge in [-0.25, -0.2) is 4.98 Å². The average molecular weight is 552 g/mol. The summed E-state index contributed by atoms with van der Waals surface area (Å²) in [6.07, 6.45) is 3.54. The third-order valence-corrected chi connectivity index (χ3v) is 2.60. The maximum absolute atomic E-state index is 8.25. The monoisotopic (exact) mass is 552 g/mol. The van der Waals surface area contributed by atoms with Crippen molar-refractivity contribution in [2.75, 3.05) is 0 Å². The Morgan fingerprint density at radius 2 is 0.926 bits per heavy atom. The van der Waals surface area contributed by atoms with Crippen molar-refractivity contribution < 1.29 is 31.2 Å². The predicted octanol–water partition coefficient (Wildman–Crippen LogP) is 2.72. The first-order valence-corrected chi connectivity index (χ1v) is 6.83. The van der Waals surface area contributed by atoms with Crippen molar-refractivity contribution in [1.82, 2.24) is 15.0 Å². The summed E-state index contributed by atoms with van der Waals surface area (Å²) in [5.41, 5.74) is 3.46. The second kappa shape index (κ2) is 12.8. The van der Waals surface area contributed by atoms with Gasteiger partial charge in [-0.05, 0) is 36.4 Å². The van der Waals surface area contributed by atoms with Gasteiger partial charge in [0, 0.05) is 12.4 Å². The first-order chi connectivity index (χ1) is 12.4. The molecule has 11 nitrogen and oxygen atoms in total. The van der Waals surface area contributed by atoms with Crippen LogP contribution in [-0.2, 0) is 21.1 Å². The third-order valence-electron chi connectivity index (χ3n) is 2.60. The molecule has 12 heteroatoms. The number of hydrogen-bond acceptors (Lipinski definition) is 9. The Morgan fingerprint density at radius 1 is 0.593 bits per heavy atom. The number of aromatic nitrogens is 3. The normalized spacial score (nSPS) is 8.59. The minimum atomic E-state index is -1.75. The number of pyridine rings is 3. The fourth-order valence-corrected chi connectivity index (χ4v) is 1.75. The van der Waals surface area contributed by atoms with Crippen LogP contribution in [0.4, 0.5) is 0 Å². The quantitative estimate of drug-likeness (QED) is 0.342. The van der Waals surface area contributed by atoms with E-state index in [0.29, 0.717) is 0 Å².